The minimum absolute atomic E-state index is 0.00239. The van der Waals surface area contributed by atoms with Gasteiger partial charge in [0.25, 0.3) is 11.5 Å². The molecule has 0 aliphatic carbocycles. The first-order valence-corrected chi connectivity index (χ1v) is 13.9. The van der Waals surface area contributed by atoms with Gasteiger partial charge in [-0.15, -0.1) is 0 Å². The number of carbonyl (C=O) groups excluding carboxylic acids is 2. The first-order chi connectivity index (χ1) is 20.6. The minimum atomic E-state index is -0.538. The van der Waals surface area contributed by atoms with Crippen LogP contribution in [0.15, 0.2) is 65.8 Å². The normalized spacial score (nSPS) is 14.6. The maximum Gasteiger partial charge on any atom is 0.265 e. The van der Waals surface area contributed by atoms with Gasteiger partial charge < -0.3 is 19.9 Å². The van der Waals surface area contributed by atoms with E-state index in [1.807, 2.05) is 62.2 Å². The van der Waals surface area contributed by atoms with Crippen LogP contribution in [0, 0.1) is 19.7 Å². The van der Waals surface area contributed by atoms with Crippen molar-refractivity contribution in [2.75, 3.05) is 26.0 Å². The molecule has 9 nitrogen and oxygen atoms in total. The molecule has 0 bridgehead atoms. The largest absolute Gasteiger partial charge is 0.496 e. The first-order valence-electron chi connectivity index (χ1n) is 13.9. The lowest BCUT2D eigenvalue weighted by Crippen LogP contribution is -2.33. The molecule has 1 aliphatic rings. The fourth-order valence-electron chi connectivity index (χ4n) is 5.54. The highest BCUT2D eigenvalue weighted by Gasteiger charge is 2.27. The van der Waals surface area contributed by atoms with E-state index >= 15 is 4.39 Å². The number of aromatic nitrogens is 2. The molecule has 0 spiro atoms. The monoisotopic (exact) mass is 583 g/mol. The highest BCUT2D eigenvalue weighted by molar-refractivity contribution is 6.04. The number of anilines is 1. The summed E-state index contributed by atoms with van der Waals surface area (Å²) in [6.45, 7) is 4.72. The second-order valence-electron chi connectivity index (χ2n) is 10.8. The zero-order valence-corrected chi connectivity index (χ0v) is 24.8. The Morgan fingerprint density at radius 2 is 1.81 bits per heavy atom. The number of carbonyl (C=O) groups is 2. The van der Waals surface area contributed by atoms with Crippen LogP contribution in [0.25, 0.3) is 22.3 Å². The summed E-state index contributed by atoms with van der Waals surface area (Å²) >= 11 is 0. The number of methoxy groups -OCH3 is 1. The molecule has 1 aliphatic heterocycles. The Balaban J connectivity index is 1.46. The third-order valence-electron chi connectivity index (χ3n) is 8.12. The average Bonchev–Trinajstić information content (AvgIpc) is 3.43. The molecule has 0 radical (unpaired) electrons. The van der Waals surface area contributed by atoms with Crippen LogP contribution in [0.4, 0.5) is 10.1 Å². The molecule has 2 heterocycles. The summed E-state index contributed by atoms with van der Waals surface area (Å²) in [6, 6.07) is 14.8. The van der Waals surface area contributed by atoms with Crippen molar-refractivity contribution in [1.29, 1.82) is 0 Å². The molecular formula is C33H34FN5O4. The Morgan fingerprint density at radius 3 is 2.51 bits per heavy atom. The van der Waals surface area contributed by atoms with Crippen molar-refractivity contribution in [2.24, 2.45) is 7.05 Å². The molecule has 1 aromatic heterocycles. The van der Waals surface area contributed by atoms with Crippen molar-refractivity contribution in [3.8, 4) is 28.0 Å². The van der Waals surface area contributed by atoms with Gasteiger partial charge in [-0.3, -0.25) is 19.3 Å². The van der Waals surface area contributed by atoms with Crippen LogP contribution in [0.2, 0.25) is 0 Å². The van der Waals surface area contributed by atoms with E-state index in [0.717, 1.165) is 27.8 Å². The van der Waals surface area contributed by atoms with Crippen molar-refractivity contribution in [3.05, 3.63) is 99.5 Å². The van der Waals surface area contributed by atoms with Crippen LogP contribution in [0.5, 0.6) is 5.75 Å². The molecule has 2 amide bonds. The molecule has 2 N–H and O–H groups in total. The predicted octanol–water partition coefficient (Wildman–Crippen LogP) is 4.45. The van der Waals surface area contributed by atoms with Gasteiger partial charge in [-0.1, -0.05) is 30.3 Å². The van der Waals surface area contributed by atoms with Gasteiger partial charge in [-0.05, 0) is 72.5 Å². The SMILES string of the molecule is COc1cc(-c2cccc(-c3cccc(NC(=O)c4cncn(C)c4=O)c3C)c2C)cc(F)c1CN(C)[C@@H]1CNC(=O)C1. The molecular weight excluding hydrogens is 549 g/mol. The van der Waals surface area contributed by atoms with Crippen LogP contribution >= 0.6 is 0 Å². The van der Waals surface area contributed by atoms with Crippen LogP contribution < -0.4 is 20.9 Å². The molecule has 4 aromatic rings. The molecule has 5 rings (SSSR count). The summed E-state index contributed by atoms with van der Waals surface area (Å²) in [4.78, 5) is 42.9. The van der Waals surface area contributed by atoms with E-state index in [4.69, 9.17) is 4.74 Å². The van der Waals surface area contributed by atoms with E-state index in [0.29, 0.717) is 42.1 Å². The number of rotatable bonds is 8. The summed E-state index contributed by atoms with van der Waals surface area (Å²) in [5, 5.41) is 5.67. The second-order valence-corrected chi connectivity index (χ2v) is 10.8. The van der Waals surface area contributed by atoms with Gasteiger partial charge in [0.05, 0.1) is 13.4 Å². The lowest BCUT2D eigenvalue weighted by atomic mass is 9.90. The summed E-state index contributed by atoms with van der Waals surface area (Å²) in [7, 11) is 4.94. The fourth-order valence-corrected chi connectivity index (χ4v) is 5.54. The van der Waals surface area contributed by atoms with Crippen LogP contribution in [-0.4, -0.2) is 53.0 Å². The zero-order valence-electron chi connectivity index (χ0n) is 24.8. The maximum absolute atomic E-state index is 15.6. The zero-order chi connectivity index (χ0) is 30.8. The van der Waals surface area contributed by atoms with Gasteiger partial charge in [-0.2, -0.15) is 0 Å². The van der Waals surface area contributed by atoms with Crippen LogP contribution in [0.1, 0.15) is 33.5 Å². The molecule has 10 heteroatoms. The standard InChI is InChI=1S/C33H34FN5O4/c1-19-23(21-12-28(34)27(30(13-21)43-5)17-38(3)22-14-31(40)36-15-22)8-6-9-24(19)25-10-7-11-29(20(25)2)37-32(41)26-16-35-18-39(4)33(26)42/h6-13,16,18,22H,14-15,17H2,1-5H3,(H,36,40)(H,37,41)/t22-/m0/s1. The van der Waals surface area contributed by atoms with E-state index in [9.17, 15) is 14.4 Å². The van der Waals surface area contributed by atoms with Gasteiger partial charge in [-0.25, -0.2) is 9.37 Å². The predicted molar refractivity (Wildman–Crippen MR) is 164 cm³/mol. The number of ether oxygens (including phenoxy) is 1. The quantitative estimate of drug-likeness (QED) is 0.318. The first kappa shape index (κ1) is 29.7. The highest BCUT2D eigenvalue weighted by atomic mass is 19.1. The van der Waals surface area contributed by atoms with Gasteiger partial charge in [0.1, 0.15) is 17.1 Å². The third-order valence-corrected chi connectivity index (χ3v) is 8.12. The smallest absolute Gasteiger partial charge is 0.265 e. The third kappa shape index (κ3) is 5.91. The highest BCUT2D eigenvalue weighted by Crippen LogP contribution is 2.38. The molecule has 43 heavy (non-hydrogen) atoms. The minimum Gasteiger partial charge on any atom is -0.496 e. The summed E-state index contributed by atoms with van der Waals surface area (Å²) in [5.74, 6) is -0.488. The van der Waals surface area contributed by atoms with Crippen molar-refractivity contribution in [2.45, 2.75) is 32.9 Å². The lowest BCUT2D eigenvalue weighted by Gasteiger charge is -2.24. The van der Waals surface area contributed by atoms with Gasteiger partial charge in [0.2, 0.25) is 5.91 Å². The van der Waals surface area contributed by atoms with Gasteiger partial charge >= 0.3 is 0 Å². The Kier molecular flexibility index (Phi) is 8.40. The lowest BCUT2D eigenvalue weighted by molar-refractivity contribution is -0.119. The topological polar surface area (TPSA) is 106 Å². The van der Waals surface area contributed by atoms with Gasteiger partial charge in [0, 0.05) is 50.0 Å². The summed E-state index contributed by atoms with van der Waals surface area (Å²) in [5.41, 5.74) is 5.59. The Hall–Kier alpha value is -4.83. The number of nitrogens with zero attached hydrogens (tertiary/aromatic N) is 3. The number of aryl methyl sites for hydroxylation is 1. The number of amides is 2. The van der Waals surface area contributed by atoms with Crippen LogP contribution in [-0.2, 0) is 18.4 Å². The van der Waals surface area contributed by atoms with E-state index in [-0.39, 0.29) is 23.3 Å². The number of benzene rings is 3. The van der Waals surface area contributed by atoms with Crippen molar-refractivity contribution in [1.82, 2.24) is 19.8 Å². The summed E-state index contributed by atoms with van der Waals surface area (Å²) < 4.78 is 22.5. The molecule has 1 fully saturated rings. The van der Waals surface area contributed by atoms with E-state index < -0.39 is 11.5 Å². The van der Waals surface area contributed by atoms with Crippen LogP contribution in [0.3, 0.4) is 0 Å². The number of hydrogen-bond donors (Lipinski definition) is 2. The Bertz CT molecular complexity index is 1780. The average molecular weight is 584 g/mol. The number of nitrogens with one attached hydrogen (secondary N) is 2. The molecule has 0 saturated carbocycles. The van der Waals surface area contributed by atoms with Crippen molar-refractivity contribution in [3.63, 3.8) is 0 Å². The Morgan fingerprint density at radius 1 is 1.12 bits per heavy atom. The molecule has 1 saturated heterocycles. The van der Waals surface area contributed by atoms with Crippen molar-refractivity contribution < 1.29 is 18.7 Å². The second kappa shape index (κ2) is 12.2. The summed E-state index contributed by atoms with van der Waals surface area (Å²) in [6.07, 6.45) is 3.00. The van der Waals surface area contributed by atoms with E-state index in [1.165, 1.54) is 30.3 Å². The van der Waals surface area contributed by atoms with E-state index in [2.05, 4.69) is 15.6 Å². The maximum atomic E-state index is 15.6. The number of halogens is 1. The Labute approximate surface area is 249 Å². The van der Waals surface area contributed by atoms with Crippen molar-refractivity contribution >= 4 is 17.5 Å². The molecule has 222 valence electrons. The van der Waals surface area contributed by atoms with Gasteiger partial charge in [0.15, 0.2) is 0 Å². The molecule has 1 atom stereocenters. The number of hydrogen-bond acceptors (Lipinski definition) is 6. The number of likely N-dealkylation sites (N-methyl/N-ethyl adjacent to an activating group) is 1. The fraction of sp³-hybridized carbons (Fsp3) is 0.273. The van der Waals surface area contributed by atoms with E-state index in [1.54, 1.807) is 13.1 Å². The molecule has 3 aromatic carbocycles. The molecule has 0 unspecified atom stereocenters.